The highest BCUT2D eigenvalue weighted by Gasteiger charge is 2.20. The molecule has 0 aromatic heterocycles. The highest BCUT2D eigenvalue weighted by molar-refractivity contribution is 7.88. The summed E-state index contributed by atoms with van der Waals surface area (Å²) in [5, 5.41) is 0. The Balaban J connectivity index is 2.92. The third-order valence-electron chi connectivity index (χ3n) is 2.67. The summed E-state index contributed by atoms with van der Waals surface area (Å²) in [5.41, 5.74) is 0.755. The van der Waals surface area contributed by atoms with Crippen LogP contribution in [0.3, 0.4) is 0 Å². The van der Waals surface area contributed by atoms with Gasteiger partial charge in [-0.05, 0) is 31.5 Å². The molecule has 0 N–H and O–H groups in total. The van der Waals surface area contributed by atoms with E-state index in [1.54, 1.807) is 12.1 Å². The molecule has 1 aromatic rings. The molecule has 6 heteroatoms. The lowest BCUT2D eigenvalue weighted by molar-refractivity contribution is -0.000611. The smallest absolute Gasteiger partial charge is 0.211 e. The molecule has 0 heterocycles. The molecular formula is C13H20FNO3S. The third kappa shape index (κ3) is 5.26. The Labute approximate surface area is 114 Å². The second-order valence-corrected chi connectivity index (χ2v) is 6.86. The number of likely N-dealkylation sites (N-methyl/N-ethyl adjacent to an activating group) is 1. The maximum Gasteiger partial charge on any atom is 0.211 e. The molecule has 0 saturated carbocycles. The van der Waals surface area contributed by atoms with Gasteiger partial charge in [0.2, 0.25) is 10.0 Å². The molecule has 1 atom stereocenters. The molecular weight excluding hydrogens is 269 g/mol. The lowest BCUT2D eigenvalue weighted by Crippen LogP contribution is -2.32. The van der Waals surface area contributed by atoms with Gasteiger partial charge in [0, 0.05) is 13.6 Å². The van der Waals surface area contributed by atoms with Crippen molar-refractivity contribution in [3.8, 4) is 0 Å². The Hall–Kier alpha value is -0.980. The van der Waals surface area contributed by atoms with E-state index in [4.69, 9.17) is 4.74 Å². The first kappa shape index (κ1) is 16.1. The molecule has 0 fully saturated rings. The van der Waals surface area contributed by atoms with Gasteiger partial charge in [0.25, 0.3) is 0 Å². The molecule has 0 saturated heterocycles. The van der Waals surface area contributed by atoms with Gasteiger partial charge in [-0.2, -0.15) is 0 Å². The molecule has 0 aliphatic rings. The van der Waals surface area contributed by atoms with Crippen LogP contribution in [0.2, 0.25) is 0 Å². The van der Waals surface area contributed by atoms with Crippen molar-refractivity contribution in [1.29, 1.82) is 0 Å². The first-order chi connectivity index (χ1) is 8.70. The molecule has 0 amide bonds. The number of hydrogen-bond acceptors (Lipinski definition) is 3. The Morgan fingerprint density at radius 3 is 2.21 bits per heavy atom. The van der Waals surface area contributed by atoms with Crippen LogP contribution in [0.1, 0.15) is 25.5 Å². The Bertz CT molecular complexity index is 499. The molecule has 108 valence electrons. The van der Waals surface area contributed by atoms with Gasteiger partial charge in [-0.15, -0.1) is 0 Å². The molecule has 0 spiro atoms. The van der Waals surface area contributed by atoms with Crippen molar-refractivity contribution in [2.24, 2.45) is 0 Å². The van der Waals surface area contributed by atoms with Crippen molar-refractivity contribution in [3.05, 3.63) is 35.6 Å². The van der Waals surface area contributed by atoms with Crippen LogP contribution >= 0.6 is 0 Å². The van der Waals surface area contributed by atoms with Gasteiger partial charge in [0.05, 0.1) is 18.5 Å². The van der Waals surface area contributed by atoms with Crippen LogP contribution in [0.15, 0.2) is 24.3 Å². The van der Waals surface area contributed by atoms with E-state index in [1.165, 1.54) is 23.5 Å². The van der Waals surface area contributed by atoms with Crippen molar-refractivity contribution >= 4 is 10.0 Å². The lowest BCUT2D eigenvalue weighted by atomic mass is 10.1. The number of sulfonamides is 1. The van der Waals surface area contributed by atoms with E-state index in [9.17, 15) is 12.8 Å². The summed E-state index contributed by atoms with van der Waals surface area (Å²) in [5.74, 6) is -0.330. The normalized spacial score (nSPS) is 14.1. The third-order valence-corrected chi connectivity index (χ3v) is 3.95. The number of rotatable bonds is 6. The largest absolute Gasteiger partial charge is 0.369 e. The minimum Gasteiger partial charge on any atom is -0.369 e. The van der Waals surface area contributed by atoms with Gasteiger partial charge >= 0.3 is 0 Å². The SMILES string of the molecule is CC(C)OC(CN(C)S(C)(=O)=O)c1ccc(F)cc1. The first-order valence-electron chi connectivity index (χ1n) is 6.02. The molecule has 19 heavy (non-hydrogen) atoms. The molecule has 1 unspecified atom stereocenters. The van der Waals surface area contributed by atoms with Crippen LogP contribution in [0, 0.1) is 5.82 Å². The van der Waals surface area contributed by atoms with E-state index in [-0.39, 0.29) is 18.5 Å². The van der Waals surface area contributed by atoms with Gasteiger partial charge in [-0.1, -0.05) is 12.1 Å². The molecule has 0 bridgehead atoms. The monoisotopic (exact) mass is 289 g/mol. The zero-order valence-corrected chi connectivity index (χ0v) is 12.4. The average molecular weight is 289 g/mol. The summed E-state index contributed by atoms with van der Waals surface area (Å²) < 4.78 is 42.8. The van der Waals surface area contributed by atoms with Crippen molar-refractivity contribution in [3.63, 3.8) is 0 Å². The van der Waals surface area contributed by atoms with Crippen molar-refractivity contribution in [2.75, 3.05) is 19.8 Å². The van der Waals surface area contributed by atoms with Crippen LogP contribution in [0.25, 0.3) is 0 Å². The molecule has 1 aromatic carbocycles. The topological polar surface area (TPSA) is 46.6 Å². The van der Waals surface area contributed by atoms with Crippen LogP contribution in [-0.4, -0.2) is 38.7 Å². The summed E-state index contributed by atoms with van der Waals surface area (Å²) in [7, 11) is -1.78. The summed E-state index contributed by atoms with van der Waals surface area (Å²) in [6, 6.07) is 5.90. The Kier molecular flexibility index (Phi) is 5.46. The summed E-state index contributed by atoms with van der Waals surface area (Å²) in [4.78, 5) is 0. The summed E-state index contributed by atoms with van der Waals surface area (Å²) in [6.45, 7) is 3.94. The maximum atomic E-state index is 12.9. The maximum absolute atomic E-state index is 12.9. The Morgan fingerprint density at radius 2 is 1.79 bits per heavy atom. The number of nitrogens with zero attached hydrogens (tertiary/aromatic N) is 1. The Morgan fingerprint density at radius 1 is 1.26 bits per heavy atom. The van der Waals surface area contributed by atoms with Crippen molar-refractivity contribution < 1.29 is 17.5 Å². The van der Waals surface area contributed by atoms with Gasteiger partial charge in [-0.25, -0.2) is 17.1 Å². The fourth-order valence-corrected chi connectivity index (χ4v) is 2.01. The van der Waals surface area contributed by atoms with Gasteiger partial charge in [-0.3, -0.25) is 0 Å². The molecule has 1 rings (SSSR count). The van der Waals surface area contributed by atoms with Crippen LogP contribution in [0.5, 0.6) is 0 Å². The number of hydrogen-bond donors (Lipinski definition) is 0. The minimum atomic E-state index is -3.27. The van der Waals surface area contributed by atoms with E-state index in [1.807, 2.05) is 13.8 Å². The van der Waals surface area contributed by atoms with Crippen molar-refractivity contribution in [1.82, 2.24) is 4.31 Å². The number of halogens is 1. The van der Waals surface area contributed by atoms with E-state index >= 15 is 0 Å². The zero-order valence-electron chi connectivity index (χ0n) is 11.6. The second kappa shape index (κ2) is 6.45. The summed E-state index contributed by atoms with van der Waals surface area (Å²) >= 11 is 0. The molecule has 0 radical (unpaired) electrons. The van der Waals surface area contributed by atoms with E-state index in [0.717, 1.165) is 11.8 Å². The quantitative estimate of drug-likeness (QED) is 0.806. The van der Waals surface area contributed by atoms with E-state index < -0.39 is 16.1 Å². The number of ether oxygens (including phenoxy) is 1. The second-order valence-electron chi connectivity index (χ2n) is 4.77. The highest BCUT2D eigenvalue weighted by Crippen LogP contribution is 2.21. The summed E-state index contributed by atoms with van der Waals surface area (Å²) in [6.07, 6.45) is 0.674. The van der Waals surface area contributed by atoms with Crippen LogP contribution in [0.4, 0.5) is 4.39 Å². The number of benzene rings is 1. The first-order valence-corrected chi connectivity index (χ1v) is 7.87. The zero-order chi connectivity index (χ0) is 14.6. The van der Waals surface area contributed by atoms with Gasteiger partial charge in [0.15, 0.2) is 0 Å². The average Bonchev–Trinajstić information content (AvgIpc) is 2.27. The van der Waals surface area contributed by atoms with Crippen LogP contribution in [-0.2, 0) is 14.8 Å². The van der Waals surface area contributed by atoms with Crippen molar-refractivity contribution in [2.45, 2.75) is 26.1 Å². The highest BCUT2D eigenvalue weighted by atomic mass is 32.2. The van der Waals surface area contributed by atoms with Gasteiger partial charge in [0.1, 0.15) is 5.82 Å². The predicted molar refractivity (Wildman–Crippen MR) is 72.8 cm³/mol. The molecule has 4 nitrogen and oxygen atoms in total. The lowest BCUT2D eigenvalue weighted by Gasteiger charge is -2.25. The molecule has 0 aliphatic carbocycles. The van der Waals surface area contributed by atoms with E-state index in [2.05, 4.69) is 0 Å². The standard InChI is InChI=1S/C13H20FNO3S/c1-10(2)18-13(9-15(3)19(4,16)17)11-5-7-12(14)8-6-11/h5-8,10,13H,9H2,1-4H3. The fraction of sp³-hybridized carbons (Fsp3) is 0.538. The van der Waals surface area contributed by atoms with Crippen LogP contribution < -0.4 is 0 Å². The van der Waals surface area contributed by atoms with Gasteiger partial charge < -0.3 is 4.74 Å². The fourth-order valence-electron chi connectivity index (χ4n) is 1.60. The minimum absolute atomic E-state index is 0.0528. The van der Waals surface area contributed by atoms with E-state index in [0.29, 0.717) is 0 Å². The predicted octanol–water partition coefficient (Wildman–Crippen LogP) is 2.18. The molecule has 0 aliphatic heterocycles.